The van der Waals surface area contributed by atoms with Gasteiger partial charge in [-0.25, -0.2) is 13.6 Å². The SMILES string of the molecule is O=C(O)/C(O)=C\C(=O)c1ccc(F)c(F)c1. The zero-order valence-corrected chi connectivity index (χ0v) is 7.78. The lowest BCUT2D eigenvalue weighted by Crippen LogP contribution is -2.04. The van der Waals surface area contributed by atoms with Crippen molar-refractivity contribution in [2.75, 3.05) is 0 Å². The van der Waals surface area contributed by atoms with Crippen LogP contribution in [-0.2, 0) is 4.79 Å². The Kier molecular flexibility index (Phi) is 3.34. The molecule has 6 heteroatoms. The van der Waals surface area contributed by atoms with Crippen LogP contribution in [-0.4, -0.2) is 22.0 Å². The molecule has 0 unspecified atom stereocenters. The van der Waals surface area contributed by atoms with Crippen molar-refractivity contribution in [1.29, 1.82) is 0 Å². The number of hydrogen-bond donors (Lipinski definition) is 2. The number of carboxylic acid groups (broad SMARTS) is 1. The lowest BCUT2D eigenvalue weighted by atomic mass is 10.1. The highest BCUT2D eigenvalue weighted by atomic mass is 19.2. The molecule has 0 saturated heterocycles. The average Bonchev–Trinajstić information content (AvgIpc) is 2.21. The molecule has 0 radical (unpaired) electrons. The van der Waals surface area contributed by atoms with Crippen LogP contribution in [0.25, 0.3) is 0 Å². The number of aliphatic hydroxyl groups excluding tert-OH is 1. The van der Waals surface area contributed by atoms with E-state index in [4.69, 9.17) is 10.2 Å². The topological polar surface area (TPSA) is 74.6 Å². The second-order valence-electron chi connectivity index (χ2n) is 2.83. The van der Waals surface area contributed by atoms with Gasteiger partial charge in [-0.1, -0.05) is 0 Å². The van der Waals surface area contributed by atoms with Crippen molar-refractivity contribution in [3.8, 4) is 0 Å². The van der Waals surface area contributed by atoms with Gasteiger partial charge in [-0.05, 0) is 18.2 Å². The van der Waals surface area contributed by atoms with Gasteiger partial charge in [0.2, 0.25) is 5.76 Å². The van der Waals surface area contributed by atoms with E-state index in [1.54, 1.807) is 0 Å². The Balaban J connectivity index is 3.02. The summed E-state index contributed by atoms with van der Waals surface area (Å²) in [6.45, 7) is 0. The number of hydrogen-bond acceptors (Lipinski definition) is 3. The summed E-state index contributed by atoms with van der Waals surface area (Å²) in [5, 5.41) is 17.0. The molecule has 2 N–H and O–H groups in total. The van der Waals surface area contributed by atoms with Crippen molar-refractivity contribution in [2.45, 2.75) is 0 Å². The monoisotopic (exact) mass is 228 g/mol. The lowest BCUT2D eigenvalue weighted by molar-refractivity contribution is -0.135. The summed E-state index contributed by atoms with van der Waals surface area (Å²) in [6.07, 6.45) is 0.412. The molecule has 0 amide bonds. The maximum atomic E-state index is 12.7. The number of aliphatic carboxylic acids is 1. The fourth-order valence-electron chi connectivity index (χ4n) is 0.919. The molecule has 84 valence electrons. The number of rotatable bonds is 3. The zero-order chi connectivity index (χ0) is 12.3. The first-order valence-corrected chi connectivity index (χ1v) is 4.05. The maximum absolute atomic E-state index is 12.7. The summed E-state index contributed by atoms with van der Waals surface area (Å²) < 4.78 is 25.2. The number of aliphatic hydroxyl groups is 1. The minimum Gasteiger partial charge on any atom is -0.502 e. The van der Waals surface area contributed by atoms with E-state index in [2.05, 4.69) is 0 Å². The zero-order valence-electron chi connectivity index (χ0n) is 7.78. The summed E-state index contributed by atoms with van der Waals surface area (Å²) in [4.78, 5) is 21.4. The first kappa shape index (κ1) is 11.8. The van der Waals surface area contributed by atoms with Crippen molar-refractivity contribution in [3.05, 3.63) is 47.2 Å². The predicted octanol–water partition coefficient (Wildman–Crippen LogP) is 1.67. The molecule has 0 aliphatic heterocycles. The van der Waals surface area contributed by atoms with Gasteiger partial charge in [0.1, 0.15) is 0 Å². The van der Waals surface area contributed by atoms with Crippen LogP contribution >= 0.6 is 0 Å². The smallest absolute Gasteiger partial charge is 0.371 e. The molecule has 0 aliphatic carbocycles. The molecular formula is C10H6F2O4. The first-order chi connectivity index (χ1) is 7.41. The van der Waals surface area contributed by atoms with Crippen LogP contribution in [0.1, 0.15) is 10.4 Å². The van der Waals surface area contributed by atoms with Gasteiger partial charge in [0.25, 0.3) is 0 Å². The highest BCUT2D eigenvalue weighted by Crippen LogP contribution is 2.10. The number of halogens is 2. The van der Waals surface area contributed by atoms with E-state index >= 15 is 0 Å². The lowest BCUT2D eigenvalue weighted by Gasteiger charge is -1.97. The van der Waals surface area contributed by atoms with Crippen molar-refractivity contribution < 1.29 is 28.6 Å². The third-order valence-electron chi connectivity index (χ3n) is 1.69. The molecule has 0 saturated carbocycles. The third kappa shape index (κ3) is 2.63. The fraction of sp³-hybridized carbons (Fsp3) is 0. The van der Waals surface area contributed by atoms with Gasteiger partial charge < -0.3 is 10.2 Å². The molecule has 1 aromatic carbocycles. The van der Waals surface area contributed by atoms with Crippen LogP contribution < -0.4 is 0 Å². The second kappa shape index (κ2) is 4.52. The van der Waals surface area contributed by atoms with E-state index in [9.17, 15) is 18.4 Å². The average molecular weight is 228 g/mol. The number of ketones is 1. The van der Waals surface area contributed by atoms with Crippen LogP contribution in [0.15, 0.2) is 30.0 Å². The minimum atomic E-state index is -1.68. The molecule has 4 nitrogen and oxygen atoms in total. The van der Waals surface area contributed by atoms with Crippen LogP contribution in [0.5, 0.6) is 0 Å². The number of carbonyl (C=O) groups excluding carboxylic acids is 1. The largest absolute Gasteiger partial charge is 0.502 e. The Hall–Kier alpha value is -2.24. The molecule has 0 aliphatic rings. The highest BCUT2D eigenvalue weighted by molar-refractivity contribution is 6.07. The first-order valence-electron chi connectivity index (χ1n) is 4.05. The van der Waals surface area contributed by atoms with E-state index in [0.717, 1.165) is 12.1 Å². The van der Waals surface area contributed by atoms with Crippen LogP contribution in [0.3, 0.4) is 0 Å². The van der Waals surface area contributed by atoms with Crippen molar-refractivity contribution >= 4 is 11.8 Å². The molecule has 0 fully saturated rings. The second-order valence-corrected chi connectivity index (χ2v) is 2.83. The van der Waals surface area contributed by atoms with Gasteiger partial charge >= 0.3 is 5.97 Å². The molecule has 16 heavy (non-hydrogen) atoms. The Morgan fingerprint density at radius 3 is 2.25 bits per heavy atom. The molecule has 0 spiro atoms. The number of carboxylic acids is 1. The molecule has 0 atom stereocenters. The molecular weight excluding hydrogens is 222 g/mol. The van der Waals surface area contributed by atoms with Gasteiger partial charge in [-0.15, -0.1) is 0 Å². The number of benzene rings is 1. The van der Waals surface area contributed by atoms with E-state index < -0.39 is 29.1 Å². The van der Waals surface area contributed by atoms with Crippen LogP contribution in [0, 0.1) is 11.6 Å². The van der Waals surface area contributed by atoms with E-state index in [0.29, 0.717) is 12.1 Å². The summed E-state index contributed by atoms with van der Waals surface area (Å²) in [6, 6.07) is 2.32. The Morgan fingerprint density at radius 2 is 1.75 bits per heavy atom. The molecule has 1 rings (SSSR count). The maximum Gasteiger partial charge on any atom is 0.371 e. The Labute approximate surface area is 88.4 Å². The van der Waals surface area contributed by atoms with Gasteiger partial charge in [-0.3, -0.25) is 4.79 Å². The summed E-state index contributed by atoms with van der Waals surface area (Å²) >= 11 is 0. The summed E-state index contributed by atoms with van der Waals surface area (Å²) in [5.74, 6) is -6.14. The Morgan fingerprint density at radius 1 is 1.12 bits per heavy atom. The highest BCUT2D eigenvalue weighted by Gasteiger charge is 2.11. The summed E-state index contributed by atoms with van der Waals surface area (Å²) in [7, 11) is 0. The van der Waals surface area contributed by atoms with E-state index in [-0.39, 0.29) is 5.56 Å². The van der Waals surface area contributed by atoms with Gasteiger partial charge in [0.15, 0.2) is 17.4 Å². The van der Waals surface area contributed by atoms with E-state index in [1.165, 1.54) is 0 Å². The third-order valence-corrected chi connectivity index (χ3v) is 1.69. The van der Waals surface area contributed by atoms with Gasteiger partial charge in [0.05, 0.1) is 0 Å². The molecule has 1 aromatic rings. The van der Waals surface area contributed by atoms with Gasteiger partial charge in [0, 0.05) is 11.6 Å². The normalized spacial score (nSPS) is 11.2. The van der Waals surface area contributed by atoms with Crippen molar-refractivity contribution in [3.63, 3.8) is 0 Å². The summed E-state index contributed by atoms with van der Waals surface area (Å²) in [5.41, 5.74) is -0.258. The van der Waals surface area contributed by atoms with Crippen LogP contribution in [0.4, 0.5) is 8.78 Å². The van der Waals surface area contributed by atoms with Crippen LogP contribution in [0.2, 0.25) is 0 Å². The quantitative estimate of drug-likeness (QED) is 0.468. The van der Waals surface area contributed by atoms with E-state index in [1.807, 2.05) is 0 Å². The van der Waals surface area contributed by atoms with Crippen molar-refractivity contribution in [2.24, 2.45) is 0 Å². The standard InChI is InChI=1S/C10H6F2O4/c11-6-2-1-5(3-7(6)12)8(13)4-9(14)10(15)16/h1-4,14H,(H,15,16)/b9-4+. The van der Waals surface area contributed by atoms with Crippen molar-refractivity contribution in [1.82, 2.24) is 0 Å². The Bertz CT molecular complexity index is 480. The predicted molar refractivity (Wildman–Crippen MR) is 49.0 cm³/mol. The minimum absolute atomic E-state index is 0.258. The molecule has 0 heterocycles. The fourth-order valence-corrected chi connectivity index (χ4v) is 0.919. The number of allylic oxidation sites excluding steroid dienone is 1. The molecule has 0 bridgehead atoms. The van der Waals surface area contributed by atoms with Gasteiger partial charge in [-0.2, -0.15) is 0 Å². The number of carbonyl (C=O) groups is 2. The molecule has 0 aromatic heterocycles.